The van der Waals surface area contributed by atoms with Gasteiger partial charge >= 0.3 is 0 Å². The predicted octanol–water partition coefficient (Wildman–Crippen LogP) is 1.24. The van der Waals surface area contributed by atoms with Gasteiger partial charge in [0.2, 0.25) is 0 Å². The molecule has 1 aromatic carbocycles. The van der Waals surface area contributed by atoms with Crippen molar-refractivity contribution >= 4 is 5.69 Å². The number of nitrogens with two attached hydrogens (primary N) is 1. The molecule has 0 bridgehead atoms. The van der Waals surface area contributed by atoms with Crippen molar-refractivity contribution in [3.63, 3.8) is 0 Å². The summed E-state index contributed by atoms with van der Waals surface area (Å²) < 4.78 is 10.9. The number of hydrogen-bond donors (Lipinski definition) is 1. The fourth-order valence-corrected chi connectivity index (χ4v) is 1.99. The molecule has 1 aliphatic heterocycles. The lowest BCUT2D eigenvalue weighted by Crippen LogP contribution is -2.41. The SMILES string of the molecule is COc1ccc2c(c1)N(C)C(CCN)CO2. The summed E-state index contributed by atoms with van der Waals surface area (Å²) in [6.45, 7) is 1.38. The van der Waals surface area contributed by atoms with Crippen LogP contribution in [0.5, 0.6) is 11.5 Å². The number of fused-ring (bicyclic) bond motifs is 1. The van der Waals surface area contributed by atoms with Gasteiger partial charge in [0.1, 0.15) is 18.1 Å². The van der Waals surface area contributed by atoms with Crippen LogP contribution < -0.4 is 20.1 Å². The first-order valence-corrected chi connectivity index (χ1v) is 5.50. The molecule has 88 valence electrons. The molecular formula is C12H18N2O2. The zero-order valence-electron chi connectivity index (χ0n) is 9.77. The average Bonchev–Trinajstić information content (AvgIpc) is 2.33. The van der Waals surface area contributed by atoms with E-state index in [0.717, 1.165) is 23.6 Å². The van der Waals surface area contributed by atoms with Crippen LogP contribution in [0.15, 0.2) is 18.2 Å². The highest BCUT2D eigenvalue weighted by Crippen LogP contribution is 2.36. The summed E-state index contributed by atoms with van der Waals surface area (Å²) in [5.74, 6) is 1.76. The third-order valence-electron chi connectivity index (χ3n) is 3.02. The van der Waals surface area contributed by atoms with Crippen molar-refractivity contribution in [3.05, 3.63) is 18.2 Å². The second-order valence-electron chi connectivity index (χ2n) is 3.99. The largest absolute Gasteiger partial charge is 0.497 e. The summed E-state index contributed by atoms with van der Waals surface area (Å²) in [6.07, 6.45) is 0.938. The van der Waals surface area contributed by atoms with Gasteiger partial charge in [0, 0.05) is 13.1 Å². The van der Waals surface area contributed by atoms with Crippen LogP contribution in [0.3, 0.4) is 0 Å². The zero-order valence-corrected chi connectivity index (χ0v) is 9.77. The molecular weight excluding hydrogens is 204 g/mol. The molecule has 0 spiro atoms. The minimum Gasteiger partial charge on any atom is -0.497 e. The highest BCUT2D eigenvalue weighted by Gasteiger charge is 2.24. The molecule has 1 unspecified atom stereocenters. The molecule has 0 amide bonds. The Morgan fingerprint density at radius 3 is 3.06 bits per heavy atom. The Morgan fingerprint density at radius 2 is 2.38 bits per heavy atom. The summed E-state index contributed by atoms with van der Waals surface area (Å²) in [4.78, 5) is 2.22. The second-order valence-corrected chi connectivity index (χ2v) is 3.99. The normalized spacial score (nSPS) is 18.9. The minimum atomic E-state index is 0.351. The van der Waals surface area contributed by atoms with Crippen LogP contribution in [-0.4, -0.2) is 33.4 Å². The van der Waals surface area contributed by atoms with E-state index in [9.17, 15) is 0 Å². The molecule has 4 nitrogen and oxygen atoms in total. The number of methoxy groups -OCH3 is 1. The molecule has 1 heterocycles. The van der Waals surface area contributed by atoms with Crippen LogP contribution in [0.2, 0.25) is 0 Å². The van der Waals surface area contributed by atoms with Crippen LogP contribution >= 0.6 is 0 Å². The van der Waals surface area contributed by atoms with E-state index in [2.05, 4.69) is 11.9 Å². The molecule has 1 aromatic rings. The van der Waals surface area contributed by atoms with E-state index < -0.39 is 0 Å². The lowest BCUT2D eigenvalue weighted by molar-refractivity contribution is 0.260. The Labute approximate surface area is 95.9 Å². The number of rotatable bonds is 3. The van der Waals surface area contributed by atoms with E-state index in [1.807, 2.05) is 18.2 Å². The summed E-state index contributed by atoms with van der Waals surface area (Å²) in [5.41, 5.74) is 6.66. The Hall–Kier alpha value is -1.42. The van der Waals surface area contributed by atoms with Gasteiger partial charge in [-0.25, -0.2) is 0 Å². The van der Waals surface area contributed by atoms with Gasteiger partial charge in [-0.2, -0.15) is 0 Å². The van der Waals surface area contributed by atoms with Gasteiger partial charge in [-0.05, 0) is 25.1 Å². The quantitative estimate of drug-likeness (QED) is 0.836. The molecule has 0 radical (unpaired) electrons. The number of likely N-dealkylation sites (N-methyl/N-ethyl adjacent to an activating group) is 1. The van der Waals surface area contributed by atoms with E-state index in [0.29, 0.717) is 19.2 Å². The summed E-state index contributed by atoms with van der Waals surface area (Å²) >= 11 is 0. The van der Waals surface area contributed by atoms with Gasteiger partial charge < -0.3 is 20.1 Å². The highest BCUT2D eigenvalue weighted by atomic mass is 16.5. The molecule has 1 atom stereocenters. The van der Waals surface area contributed by atoms with Gasteiger partial charge in [-0.3, -0.25) is 0 Å². The third kappa shape index (κ3) is 1.93. The molecule has 0 saturated heterocycles. The topological polar surface area (TPSA) is 47.7 Å². The zero-order chi connectivity index (χ0) is 11.5. The van der Waals surface area contributed by atoms with Crippen molar-refractivity contribution in [1.29, 1.82) is 0 Å². The maximum atomic E-state index is 5.71. The number of anilines is 1. The molecule has 0 fully saturated rings. The van der Waals surface area contributed by atoms with E-state index >= 15 is 0 Å². The van der Waals surface area contributed by atoms with E-state index in [4.69, 9.17) is 15.2 Å². The molecule has 0 aliphatic carbocycles. The van der Waals surface area contributed by atoms with Crippen LogP contribution in [-0.2, 0) is 0 Å². The number of ether oxygens (including phenoxy) is 2. The van der Waals surface area contributed by atoms with Gasteiger partial charge in [-0.15, -0.1) is 0 Å². The van der Waals surface area contributed by atoms with E-state index in [1.165, 1.54) is 0 Å². The highest BCUT2D eigenvalue weighted by molar-refractivity contribution is 5.63. The number of nitrogens with zero attached hydrogens (tertiary/aromatic N) is 1. The first-order chi connectivity index (χ1) is 7.76. The lowest BCUT2D eigenvalue weighted by atomic mass is 10.1. The molecule has 1 aliphatic rings. The molecule has 16 heavy (non-hydrogen) atoms. The number of benzene rings is 1. The monoisotopic (exact) mass is 222 g/mol. The third-order valence-corrected chi connectivity index (χ3v) is 3.02. The Morgan fingerprint density at radius 1 is 1.56 bits per heavy atom. The van der Waals surface area contributed by atoms with Crippen molar-refractivity contribution in [2.75, 3.05) is 32.2 Å². The maximum absolute atomic E-state index is 5.71. The molecule has 4 heteroatoms. The fourth-order valence-electron chi connectivity index (χ4n) is 1.99. The van der Waals surface area contributed by atoms with Crippen molar-refractivity contribution in [2.45, 2.75) is 12.5 Å². The minimum absolute atomic E-state index is 0.351. The van der Waals surface area contributed by atoms with Crippen molar-refractivity contribution in [1.82, 2.24) is 0 Å². The molecule has 0 saturated carbocycles. The summed E-state index contributed by atoms with van der Waals surface area (Å²) in [6, 6.07) is 6.21. The van der Waals surface area contributed by atoms with E-state index in [1.54, 1.807) is 7.11 Å². The fraction of sp³-hybridized carbons (Fsp3) is 0.500. The standard InChI is InChI=1S/C12H18N2O2/c1-14-9(5-6-13)8-16-12-4-3-10(15-2)7-11(12)14/h3-4,7,9H,5-6,8,13H2,1-2H3. The smallest absolute Gasteiger partial charge is 0.142 e. The first kappa shape index (κ1) is 11.1. The second kappa shape index (κ2) is 4.61. The summed E-state index contributed by atoms with van der Waals surface area (Å²) in [7, 11) is 3.74. The van der Waals surface area contributed by atoms with Crippen molar-refractivity contribution in [3.8, 4) is 11.5 Å². The van der Waals surface area contributed by atoms with Crippen LogP contribution in [0.1, 0.15) is 6.42 Å². The number of hydrogen-bond acceptors (Lipinski definition) is 4. The molecule has 2 N–H and O–H groups in total. The first-order valence-electron chi connectivity index (χ1n) is 5.50. The van der Waals surface area contributed by atoms with Gasteiger partial charge in [0.15, 0.2) is 0 Å². The van der Waals surface area contributed by atoms with Gasteiger partial charge in [-0.1, -0.05) is 0 Å². The average molecular weight is 222 g/mol. The predicted molar refractivity (Wildman–Crippen MR) is 64.4 cm³/mol. The van der Waals surface area contributed by atoms with Crippen LogP contribution in [0.25, 0.3) is 0 Å². The summed E-state index contributed by atoms with van der Waals surface area (Å²) in [5, 5.41) is 0. The molecule has 2 rings (SSSR count). The van der Waals surface area contributed by atoms with Gasteiger partial charge in [0.05, 0.1) is 18.8 Å². The van der Waals surface area contributed by atoms with Crippen LogP contribution in [0, 0.1) is 0 Å². The van der Waals surface area contributed by atoms with Gasteiger partial charge in [0.25, 0.3) is 0 Å². The van der Waals surface area contributed by atoms with Crippen LogP contribution in [0.4, 0.5) is 5.69 Å². The van der Waals surface area contributed by atoms with Crippen molar-refractivity contribution < 1.29 is 9.47 Å². The molecule has 0 aromatic heterocycles. The Bertz CT molecular complexity index is 368. The van der Waals surface area contributed by atoms with Crippen molar-refractivity contribution in [2.24, 2.45) is 5.73 Å². The Balaban J connectivity index is 2.27. The van der Waals surface area contributed by atoms with E-state index in [-0.39, 0.29) is 0 Å². The lowest BCUT2D eigenvalue weighted by Gasteiger charge is -2.35. The Kier molecular flexibility index (Phi) is 3.19. The maximum Gasteiger partial charge on any atom is 0.142 e.